The molecule has 17 heavy (non-hydrogen) atoms. The van der Waals surface area contributed by atoms with Crippen LogP contribution in [0.1, 0.15) is 12.0 Å². The number of halogens is 1. The van der Waals surface area contributed by atoms with Crippen LogP contribution in [0.2, 0.25) is 0 Å². The van der Waals surface area contributed by atoms with E-state index >= 15 is 0 Å². The molecular formula is C12H16BrNO2S. The molecule has 1 fully saturated rings. The van der Waals surface area contributed by atoms with Crippen LogP contribution < -0.4 is 0 Å². The van der Waals surface area contributed by atoms with E-state index in [4.69, 9.17) is 0 Å². The van der Waals surface area contributed by atoms with Crippen molar-refractivity contribution in [3.05, 3.63) is 34.3 Å². The molecule has 0 saturated carbocycles. The zero-order chi connectivity index (χ0) is 12.5. The minimum Gasteiger partial charge on any atom is -0.298 e. The summed E-state index contributed by atoms with van der Waals surface area (Å²) in [4.78, 5) is 2.13. The van der Waals surface area contributed by atoms with Gasteiger partial charge in [0.05, 0.1) is 11.5 Å². The van der Waals surface area contributed by atoms with Gasteiger partial charge in [-0.25, -0.2) is 8.42 Å². The second kappa shape index (κ2) is 5.08. The Bertz CT molecular complexity index is 501. The Morgan fingerprint density at radius 2 is 2.12 bits per heavy atom. The van der Waals surface area contributed by atoms with Gasteiger partial charge < -0.3 is 0 Å². The fourth-order valence-electron chi connectivity index (χ4n) is 2.15. The van der Waals surface area contributed by atoms with Crippen LogP contribution in [-0.4, -0.2) is 37.9 Å². The molecule has 0 unspecified atom stereocenters. The van der Waals surface area contributed by atoms with E-state index in [-0.39, 0.29) is 6.04 Å². The van der Waals surface area contributed by atoms with Gasteiger partial charge in [-0.1, -0.05) is 34.1 Å². The van der Waals surface area contributed by atoms with Crippen LogP contribution in [0, 0.1) is 0 Å². The molecule has 1 heterocycles. The maximum Gasteiger partial charge on any atom is 0.151 e. The highest BCUT2D eigenvalue weighted by Crippen LogP contribution is 2.22. The largest absolute Gasteiger partial charge is 0.298 e. The Labute approximate surface area is 111 Å². The predicted molar refractivity (Wildman–Crippen MR) is 72.7 cm³/mol. The van der Waals surface area contributed by atoms with Crippen molar-refractivity contribution in [2.75, 3.05) is 18.6 Å². The van der Waals surface area contributed by atoms with E-state index in [2.05, 4.69) is 26.9 Å². The Morgan fingerprint density at radius 1 is 1.41 bits per heavy atom. The van der Waals surface area contributed by atoms with Crippen LogP contribution in [-0.2, 0) is 16.4 Å². The van der Waals surface area contributed by atoms with Crippen LogP contribution >= 0.6 is 15.9 Å². The molecule has 2 rings (SSSR count). The lowest BCUT2D eigenvalue weighted by Crippen LogP contribution is -2.32. The Balaban J connectivity index is 2.03. The first-order chi connectivity index (χ1) is 7.98. The molecule has 5 heteroatoms. The van der Waals surface area contributed by atoms with Crippen molar-refractivity contribution < 1.29 is 8.42 Å². The van der Waals surface area contributed by atoms with Crippen molar-refractivity contribution in [2.24, 2.45) is 0 Å². The summed E-state index contributed by atoms with van der Waals surface area (Å²) >= 11 is 3.51. The molecule has 1 atom stereocenters. The van der Waals surface area contributed by atoms with Gasteiger partial charge in [0.15, 0.2) is 9.84 Å². The minimum absolute atomic E-state index is 0.159. The fraction of sp³-hybridized carbons (Fsp3) is 0.500. The van der Waals surface area contributed by atoms with Crippen molar-refractivity contribution in [3.8, 4) is 0 Å². The third-order valence-electron chi connectivity index (χ3n) is 3.21. The lowest BCUT2D eigenvalue weighted by Gasteiger charge is -2.23. The van der Waals surface area contributed by atoms with Crippen molar-refractivity contribution in [2.45, 2.75) is 19.0 Å². The quantitative estimate of drug-likeness (QED) is 0.856. The van der Waals surface area contributed by atoms with Crippen molar-refractivity contribution in [3.63, 3.8) is 0 Å². The van der Waals surface area contributed by atoms with Crippen LogP contribution in [0.3, 0.4) is 0 Å². The topological polar surface area (TPSA) is 37.4 Å². The molecule has 0 radical (unpaired) electrons. The molecule has 0 N–H and O–H groups in total. The smallest absolute Gasteiger partial charge is 0.151 e. The predicted octanol–water partition coefficient (Wildman–Crippen LogP) is 2.07. The molecule has 1 aromatic rings. The summed E-state index contributed by atoms with van der Waals surface area (Å²) in [5.41, 5.74) is 1.19. The molecule has 3 nitrogen and oxygen atoms in total. The highest BCUT2D eigenvalue weighted by atomic mass is 79.9. The minimum atomic E-state index is -2.80. The third kappa shape index (κ3) is 3.30. The first kappa shape index (κ1) is 13.1. The van der Waals surface area contributed by atoms with Gasteiger partial charge in [0, 0.05) is 17.1 Å². The maximum atomic E-state index is 11.4. The maximum absolute atomic E-state index is 11.4. The fourth-order valence-corrected chi connectivity index (χ4v) is 4.36. The molecule has 1 aromatic carbocycles. The Morgan fingerprint density at radius 3 is 2.71 bits per heavy atom. The van der Waals surface area contributed by atoms with Gasteiger partial charge in [0.2, 0.25) is 0 Å². The molecule has 0 spiro atoms. The highest BCUT2D eigenvalue weighted by Gasteiger charge is 2.30. The number of hydrogen-bond acceptors (Lipinski definition) is 3. The number of rotatable bonds is 3. The average molecular weight is 318 g/mol. The molecule has 0 aliphatic carbocycles. The highest BCUT2D eigenvalue weighted by molar-refractivity contribution is 9.10. The van der Waals surface area contributed by atoms with Gasteiger partial charge in [0.1, 0.15) is 0 Å². The molecule has 0 aromatic heterocycles. The monoisotopic (exact) mass is 317 g/mol. The summed E-state index contributed by atoms with van der Waals surface area (Å²) in [6.45, 7) is 0.779. The number of benzene rings is 1. The molecule has 94 valence electrons. The molecule has 0 amide bonds. The van der Waals surface area contributed by atoms with Gasteiger partial charge >= 0.3 is 0 Å². The average Bonchev–Trinajstić information content (AvgIpc) is 2.62. The standard InChI is InChI=1S/C12H16BrNO2S/c1-14(11-6-7-17(15,16)9-11)8-10-4-2-3-5-12(10)13/h2-5,11H,6-9H2,1H3/t11-/m1/s1. The van der Waals surface area contributed by atoms with Crippen molar-refractivity contribution in [1.29, 1.82) is 0 Å². The lowest BCUT2D eigenvalue weighted by molar-refractivity contribution is 0.253. The summed E-state index contributed by atoms with van der Waals surface area (Å²) in [5, 5.41) is 0. The van der Waals surface area contributed by atoms with E-state index in [1.165, 1.54) is 5.56 Å². The molecule has 0 bridgehead atoms. The summed E-state index contributed by atoms with van der Waals surface area (Å²) in [5.74, 6) is 0.631. The van der Waals surface area contributed by atoms with Crippen LogP contribution in [0.15, 0.2) is 28.7 Å². The van der Waals surface area contributed by atoms with Gasteiger partial charge in [-0.15, -0.1) is 0 Å². The molecule has 1 saturated heterocycles. The van der Waals surface area contributed by atoms with Gasteiger partial charge in [-0.2, -0.15) is 0 Å². The van der Waals surface area contributed by atoms with Crippen molar-refractivity contribution in [1.82, 2.24) is 4.90 Å². The molecule has 1 aliphatic heterocycles. The normalized spacial score (nSPS) is 23.1. The first-order valence-corrected chi connectivity index (χ1v) is 8.23. The van der Waals surface area contributed by atoms with Gasteiger partial charge in [-0.3, -0.25) is 4.90 Å². The second-order valence-corrected chi connectivity index (χ2v) is 7.65. The first-order valence-electron chi connectivity index (χ1n) is 5.62. The zero-order valence-electron chi connectivity index (χ0n) is 9.77. The summed E-state index contributed by atoms with van der Waals surface area (Å²) in [7, 11) is -0.805. The van der Waals surface area contributed by atoms with E-state index in [0.717, 1.165) is 17.4 Å². The van der Waals surface area contributed by atoms with Gasteiger partial charge in [0.25, 0.3) is 0 Å². The van der Waals surface area contributed by atoms with Crippen LogP contribution in [0.4, 0.5) is 0 Å². The molecular weight excluding hydrogens is 302 g/mol. The van der Waals surface area contributed by atoms with Gasteiger partial charge in [-0.05, 0) is 25.1 Å². The Kier molecular flexibility index (Phi) is 3.90. The molecule has 1 aliphatic rings. The summed E-state index contributed by atoms with van der Waals surface area (Å²) in [6.07, 6.45) is 0.753. The summed E-state index contributed by atoms with van der Waals surface area (Å²) in [6, 6.07) is 8.21. The third-order valence-corrected chi connectivity index (χ3v) is 5.73. The van der Waals surface area contributed by atoms with E-state index in [0.29, 0.717) is 11.5 Å². The lowest BCUT2D eigenvalue weighted by atomic mass is 10.1. The van der Waals surface area contributed by atoms with E-state index in [1.807, 2.05) is 25.2 Å². The van der Waals surface area contributed by atoms with E-state index < -0.39 is 9.84 Å². The van der Waals surface area contributed by atoms with E-state index in [9.17, 15) is 8.42 Å². The van der Waals surface area contributed by atoms with E-state index in [1.54, 1.807) is 0 Å². The van der Waals surface area contributed by atoms with Crippen LogP contribution in [0.5, 0.6) is 0 Å². The second-order valence-electron chi connectivity index (χ2n) is 4.56. The Hall–Kier alpha value is -0.390. The summed E-state index contributed by atoms with van der Waals surface area (Å²) < 4.78 is 23.9. The SMILES string of the molecule is CN(Cc1ccccc1Br)[C@@H]1CCS(=O)(=O)C1. The number of nitrogens with zero attached hydrogens (tertiary/aromatic N) is 1. The van der Waals surface area contributed by atoms with Crippen molar-refractivity contribution >= 4 is 25.8 Å². The number of sulfone groups is 1. The zero-order valence-corrected chi connectivity index (χ0v) is 12.2. The van der Waals surface area contributed by atoms with Crippen LogP contribution in [0.25, 0.3) is 0 Å². The number of hydrogen-bond donors (Lipinski definition) is 0.